The van der Waals surface area contributed by atoms with E-state index in [-0.39, 0.29) is 53.8 Å². The van der Waals surface area contributed by atoms with Crippen molar-refractivity contribution in [1.82, 2.24) is 0 Å². The molecular formula is C51H61NO4Ru2. The zero-order valence-electron chi connectivity index (χ0n) is 34.9. The van der Waals surface area contributed by atoms with Crippen LogP contribution in [0.5, 0.6) is 0 Å². The van der Waals surface area contributed by atoms with Gasteiger partial charge in [-0.3, -0.25) is 27.2 Å². The molecule has 7 rings (SSSR count). The first-order valence-corrected chi connectivity index (χ1v) is 18.4. The number of benzene rings is 5. The number of carbonyl (C=O) groups excluding carboxylic acids is 4. The van der Waals surface area contributed by atoms with Crippen LogP contribution in [0, 0.1) is 44.4 Å². The smallest absolute Gasteiger partial charge is 0.545 e. The molecule has 0 heterocycles. The van der Waals surface area contributed by atoms with Crippen molar-refractivity contribution >= 4 is 32.8 Å². The van der Waals surface area contributed by atoms with Gasteiger partial charge in [-0.2, -0.15) is 0 Å². The second-order valence-corrected chi connectivity index (χ2v) is 14.1. The summed E-state index contributed by atoms with van der Waals surface area (Å²) < 4.78 is 0. The Hall–Kier alpha value is -4.17. The van der Waals surface area contributed by atoms with Gasteiger partial charge < -0.3 is 39.3 Å². The first-order chi connectivity index (χ1) is 26.5. The Bertz CT molecular complexity index is 1590. The van der Waals surface area contributed by atoms with E-state index in [0.717, 1.165) is 17.8 Å². The molecule has 2 aliphatic carbocycles. The number of rotatable bonds is 6. The number of hydrogen-bond donors (Lipinski definition) is 1. The number of nitrogens with one attached hydrogen (secondary N) is 1. The zero-order chi connectivity index (χ0) is 40.0. The van der Waals surface area contributed by atoms with Gasteiger partial charge in [0, 0.05) is 11.7 Å². The van der Waals surface area contributed by atoms with Crippen molar-refractivity contribution in [2.75, 3.05) is 5.32 Å². The second-order valence-electron chi connectivity index (χ2n) is 14.1. The Labute approximate surface area is 376 Å². The van der Waals surface area contributed by atoms with Crippen LogP contribution in [0.4, 0.5) is 5.69 Å². The van der Waals surface area contributed by atoms with Gasteiger partial charge >= 0.3 is 39.0 Å². The van der Waals surface area contributed by atoms with Crippen molar-refractivity contribution in [2.45, 2.75) is 64.3 Å². The van der Waals surface area contributed by atoms with Gasteiger partial charge in [-0.1, -0.05) is 174 Å². The van der Waals surface area contributed by atoms with Crippen LogP contribution in [-0.2, 0) is 58.1 Å². The maximum atomic E-state index is 7.75. The minimum absolute atomic E-state index is 0. The summed E-state index contributed by atoms with van der Waals surface area (Å²) in [6.07, 6.45) is 0. The zero-order valence-corrected chi connectivity index (χ0v) is 38.3. The standard InChI is InChI=1S/C25H27N.C20H24.4CHO.2CH3.2Ru/c1-18-23(20-12-6-3-7-13-20)24(21-14-8-4-9-15-21)19(2)25(18)26-22-16-10-5-11-17-22;1-14-15(2)19(17-10-6-4-7-11-17)20(16(14)3)18-12-8-5-9-13-18;4*1-2;;;;/h3-19,23-26H,1-2H3;4-16,19-20H,1-3H3;4*1H;2*1H3;;/q;;6*-1;+2;+4. The SMILES string of the molecule is CC1C(C)C(c2ccccc2)C(c2ccccc2)C1C.CC1C(Nc2ccccc2)C(C)C(c2ccccc2)C1c1ccccc1.[CH-]=O.[CH-]=O.[CH-]=O.[CH-]=O.[CH3-].[CH3-].[Ru+2].[Ru+4]. The van der Waals surface area contributed by atoms with E-state index in [9.17, 15) is 0 Å². The summed E-state index contributed by atoms with van der Waals surface area (Å²) in [6.45, 7) is 25.1. The predicted octanol–water partition coefficient (Wildman–Crippen LogP) is 11.6. The average molecular weight is 954 g/mol. The van der Waals surface area contributed by atoms with E-state index < -0.39 is 0 Å². The topological polar surface area (TPSA) is 80.3 Å². The number of para-hydroxylation sites is 1. The molecule has 0 amide bonds. The van der Waals surface area contributed by atoms with Crippen molar-refractivity contribution in [3.05, 3.63) is 189 Å². The molecule has 58 heavy (non-hydrogen) atoms. The van der Waals surface area contributed by atoms with Crippen molar-refractivity contribution in [3.8, 4) is 0 Å². The Balaban J connectivity index is -0.000000856. The van der Waals surface area contributed by atoms with Crippen molar-refractivity contribution in [1.29, 1.82) is 0 Å². The van der Waals surface area contributed by atoms with Crippen LogP contribution in [0.1, 0.15) is 80.5 Å². The first-order valence-electron chi connectivity index (χ1n) is 18.4. The van der Waals surface area contributed by atoms with Crippen LogP contribution in [0.2, 0.25) is 0 Å². The molecular weight excluding hydrogens is 893 g/mol. The van der Waals surface area contributed by atoms with Gasteiger partial charge in [-0.05, 0) is 87.6 Å². The Morgan fingerprint density at radius 3 is 0.793 bits per heavy atom. The summed E-state index contributed by atoms with van der Waals surface area (Å²) in [6, 6.07) is 55.4. The van der Waals surface area contributed by atoms with Gasteiger partial charge in [0.15, 0.2) is 0 Å². The molecule has 2 fully saturated rings. The molecule has 8 unspecified atom stereocenters. The molecule has 0 saturated heterocycles. The molecule has 5 aromatic carbocycles. The maximum absolute atomic E-state index is 7.75. The average Bonchev–Trinajstić information content (AvgIpc) is 3.65. The minimum atomic E-state index is 0. The first kappa shape index (κ1) is 58.1. The molecule has 2 saturated carbocycles. The van der Waals surface area contributed by atoms with Gasteiger partial charge in [0.1, 0.15) is 0 Å². The molecule has 1 N–H and O–H groups in total. The summed E-state index contributed by atoms with van der Waals surface area (Å²) in [7, 11) is 0. The van der Waals surface area contributed by atoms with E-state index in [1.54, 1.807) is 0 Å². The molecule has 0 spiro atoms. The summed E-state index contributed by atoms with van der Waals surface area (Å²) >= 11 is 0. The second kappa shape index (κ2) is 31.8. The van der Waals surface area contributed by atoms with E-state index in [1.807, 2.05) is 0 Å². The van der Waals surface area contributed by atoms with Crippen LogP contribution < -0.4 is 5.32 Å². The third-order valence-electron chi connectivity index (χ3n) is 11.7. The largest absolute Gasteiger partial charge is 4.00 e. The number of anilines is 1. The molecule has 0 radical (unpaired) electrons. The fraction of sp³-hybridized carbons (Fsp3) is 0.294. The van der Waals surface area contributed by atoms with Gasteiger partial charge in [-0.25, -0.2) is 0 Å². The van der Waals surface area contributed by atoms with Gasteiger partial charge in [-0.15, -0.1) is 0 Å². The summed E-state index contributed by atoms with van der Waals surface area (Å²) in [5, 5.41) is 3.84. The van der Waals surface area contributed by atoms with E-state index in [4.69, 9.17) is 19.2 Å². The van der Waals surface area contributed by atoms with E-state index in [2.05, 4.69) is 219 Å². The summed E-state index contributed by atoms with van der Waals surface area (Å²) in [5.74, 6) is 5.67. The third kappa shape index (κ3) is 14.6. The minimum Gasteiger partial charge on any atom is -0.545 e. The molecule has 8 atom stereocenters. The maximum Gasteiger partial charge on any atom is 4.00 e. The van der Waals surface area contributed by atoms with E-state index in [1.165, 1.54) is 27.9 Å². The van der Waals surface area contributed by atoms with Gasteiger partial charge in [0.2, 0.25) is 0 Å². The normalized spacial score (nSPS) is 24.3. The fourth-order valence-electron chi connectivity index (χ4n) is 9.10. The van der Waals surface area contributed by atoms with E-state index >= 15 is 0 Å². The number of hydrogen-bond acceptors (Lipinski definition) is 5. The van der Waals surface area contributed by atoms with E-state index in [0.29, 0.717) is 41.5 Å². The summed E-state index contributed by atoms with van der Waals surface area (Å²) in [4.78, 5) is 31.0. The Kier molecular flexibility index (Phi) is 31.9. The fourth-order valence-corrected chi connectivity index (χ4v) is 9.10. The monoisotopic (exact) mass is 955 g/mol. The van der Waals surface area contributed by atoms with Crippen molar-refractivity contribution < 1.29 is 58.1 Å². The quantitative estimate of drug-likeness (QED) is 0.104. The molecule has 0 bridgehead atoms. The van der Waals surface area contributed by atoms with Crippen molar-refractivity contribution in [2.24, 2.45) is 29.6 Å². The Morgan fingerprint density at radius 2 is 0.552 bits per heavy atom. The molecule has 2 aliphatic rings. The molecule has 5 aromatic rings. The Morgan fingerprint density at radius 1 is 0.345 bits per heavy atom. The molecule has 310 valence electrons. The van der Waals surface area contributed by atoms with Crippen LogP contribution in [0.15, 0.2) is 152 Å². The predicted molar refractivity (Wildman–Crippen MR) is 236 cm³/mol. The third-order valence-corrected chi connectivity index (χ3v) is 11.7. The van der Waals surface area contributed by atoms with Crippen LogP contribution in [0.3, 0.4) is 0 Å². The van der Waals surface area contributed by atoms with Crippen LogP contribution in [-0.4, -0.2) is 33.2 Å². The molecule has 0 aliphatic heterocycles. The molecule has 0 aromatic heterocycles. The van der Waals surface area contributed by atoms with Crippen LogP contribution >= 0.6 is 0 Å². The summed E-state index contributed by atoms with van der Waals surface area (Å²) in [5.41, 5.74) is 7.14. The van der Waals surface area contributed by atoms with Gasteiger partial charge in [0.05, 0.1) is 0 Å². The van der Waals surface area contributed by atoms with Gasteiger partial charge in [0.25, 0.3) is 0 Å². The van der Waals surface area contributed by atoms with Crippen LogP contribution in [0.25, 0.3) is 0 Å². The molecule has 5 nitrogen and oxygen atoms in total. The van der Waals surface area contributed by atoms with Crippen molar-refractivity contribution in [3.63, 3.8) is 0 Å². The molecule has 7 heteroatoms.